The Hall–Kier alpha value is 0.620. The second kappa shape index (κ2) is 2.83. The number of nitrogens with zero attached hydrogens (tertiary/aromatic N) is 2. The molecule has 1 atom stereocenters. The lowest BCUT2D eigenvalue weighted by atomic mass is 9.98. The largest absolute Gasteiger partial charge is 0.297 e. The van der Waals surface area contributed by atoms with Crippen LogP contribution in [-0.2, 0) is 0 Å². The zero-order valence-corrected chi connectivity index (χ0v) is 8.50. The molecule has 0 aromatic carbocycles. The first-order valence-electron chi connectivity index (χ1n) is 4.05. The molecular formula is C7H14N2S2. The SMILES string of the molecule is CN1CC12CCN(SS)CC2. The molecule has 11 heavy (non-hydrogen) atoms. The Balaban J connectivity index is 1.86. The summed E-state index contributed by atoms with van der Waals surface area (Å²) < 4.78 is 2.33. The van der Waals surface area contributed by atoms with Crippen LogP contribution in [0, 0.1) is 0 Å². The zero-order valence-electron chi connectivity index (χ0n) is 6.79. The average Bonchev–Trinajstić information content (AvgIpc) is 2.64. The van der Waals surface area contributed by atoms with Crippen molar-refractivity contribution in [2.45, 2.75) is 18.4 Å². The van der Waals surface area contributed by atoms with Crippen molar-refractivity contribution < 1.29 is 0 Å². The van der Waals surface area contributed by atoms with Crippen molar-refractivity contribution in [3.63, 3.8) is 0 Å². The molecule has 2 fully saturated rings. The molecule has 0 aliphatic carbocycles. The van der Waals surface area contributed by atoms with Gasteiger partial charge < -0.3 is 0 Å². The van der Waals surface area contributed by atoms with Crippen LogP contribution in [0.15, 0.2) is 0 Å². The quantitative estimate of drug-likeness (QED) is 0.288. The van der Waals surface area contributed by atoms with Gasteiger partial charge in [-0.3, -0.25) is 4.90 Å². The minimum absolute atomic E-state index is 0.611. The van der Waals surface area contributed by atoms with Gasteiger partial charge in [0.15, 0.2) is 0 Å². The molecule has 0 aromatic rings. The summed E-state index contributed by atoms with van der Waals surface area (Å²) >= 11 is 4.19. The first-order valence-corrected chi connectivity index (χ1v) is 5.87. The summed E-state index contributed by atoms with van der Waals surface area (Å²) in [6.45, 7) is 3.73. The first kappa shape index (κ1) is 8.23. The fourth-order valence-corrected chi connectivity index (χ4v) is 2.77. The lowest BCUT2D eigenvalue weighted by Gasteiger charge is -2.29. The summed E-state index contributed by atoms with van der Waals surface area (Å²) in [5.74, 6) is 0. The molecule has 1 unspecified atom stereocenters. The van der Waals surface area contributed by atoms with E-state index in [0.29, 0.717) is 5.54 Å². The van der Waals surface area contributed by atoms with E-state index in [9.17, 15) is 0 Å². The zero-order chi connectivity index (χ0) is 7.90. The van der Waals surface area contributed by atoms with Crippen molar-refractivity contribution >= 4 is 22.6 Å². The van der Waals surface area contributed by atoms with Gasteiger partial charge in [-0.25, -0.2) is 4.31 Å². The van der Waals surface area contributed by atoms with E-state index in [4.69, 9.17) is 0 Å². The number of thiol groups is 1. The van der Waals surface area contributed by atoms with Crippen molar-refractivity contribution in [1.82, 2.24) is 9.21 Å². The third-order valence-corrected chi connectivity index (χ3v) is 4.30. The maximum Gasteiger partial charge on any atom is 0.0359 e. The van der Waals surface area contributed by atoms with Gasteiger partial charge in [0.2, 0.25) is 0 Å². The van der Waals surface area contributed by atoms with Crippen LogP contribution in [0.5, 0.6) is 0 Å². The minimum atomic E-state index is 0.611. The smallest absolute Gasteiger partial charge is 0.0359 e. The standard InChI is InChI=1S/C7H14N2S2/c1-8-6-7(8)2-4-9(11-10)5-3-7/h10H,2-6H2,1H3. The van der Waals surface area contributed by atoms with E-state index in [2.05, 4.69) is 27.9 Å². The lowest BCUT2D eigenvalue weighted by molar-refractivity contribution is 0.284. The Bertz CT molecular complexity index is 155. The molecule has 0 aromatic heterocycles. The summed E-state index contributed by atoms with van der Waals surface area (Å²) in [7, 11) is 3.81. The number of rotatable bonds is 1. The molecule has 2 saturated heterocycles. The molecule has 2 rings (SSSR count). The van der Waals surface area contributed by atoms with Gasteiger partial charge in [-0.05, 0) is 30.9 Å². The fourth-order valence-electron chi connectivity index (χ4n) is 1.93. The molecule has 0 saturated carbocycles. The van der Waals surface area contributed by atoms with E-state index in [1.54, 1.807) is 11.0 Å². The van der Waals surface area contributed by atoms with Gasteiger partial charge in [-0.15, -0.1) is 0 Å². The molecule has 2 aliphatic rings. The Morgan fingerprint density at radius 3 is 2.27 bits per heavy atom. The predicted octanol–water partition coefficient (Wildman–Crippen LogP) is 1.26. The molecule has 64 valence electrons. The molecule has 0 amide bonds. The number of hydrogen-bond donors (Lipinski definition) is 1. The number of piperidine rings is 1. The topological polar surface area (TPSA) is 6.25 Å². The minimum Gasteiger partial charge on any atom is -0.297 e. The van der Waals surface area contributed by atoms with E-state index >= 15 is 0 Å². The maximum absolute atomic E-state index is 4.19. The second-order valence-electron chi connectivity index (χ2n) is 3.59. The van der Waals surface area contributed by atoms with E-state index in [0.717, 1.165) is 0 Å². The predicted molar refractivity (Wildman–Crippen MR) is 52.7 cm³/mol. The average molecular weight is 190 g/mol. The number of hydrogen-bond acceptors (Lipinski definition) is 4. The van der Waals surface area contributed by atoms with Gasteiger partial charge >= 0.3 is 0 Å². The van der Waals surface area contributed by atoms with Gasteiger partial charge in [0.1, 0.15) is 0 Å². The molecular weight excluding hydrogens is 176 g/mol. The van der Waals surface area contributed by atoms with Gasteiger partial charge in [-0.2, -0.15) is 0 Å². The lowest BCUT2D eigenvalue weighted by Crippen LogP contribution is -2.34. The van der Waals surface area contributed by atoms with Crippen molar-refractivity contribution in [1.29, 1.82) is 0 Å². The highest BCUT2D eigenvalue weighted by atomic mass is 33.1. The molecule has 2 nitrogen and oxygen atoms in total. The van der Waals surface area contributed by atoms with Crippen LogP contribution in [0.3, 0.4) is 0 Å². The van der Waals surface area contributed by atoms with Gasteiger partial charge in [0, 0.05) is 25.2 Å². The van der Waals surface area contributed by atoms with Crippen LogP contribution >= 0.6 is 22.6 Å². The van der Waals surface area contributed by atoms with Crippen LogP contribution < -0.4 is 0 Å². The van der Waals surface area contributed by atoms with E-state index < -0.39 is 0 Å². The van der Waals surface area contributed by atoms with Crippen LogP contribution in [0.25, 0.3) is 0 Å². The third-order valence-electron chi connectivity index (χ3n) is 3.01. The molecule has 0 radical (unpaired) electrons. The number of likely N-dealkylation sites (N-methyl/N-ethyl adjacent to an activating group) is 1. The Morgan fingerprint density at radius 2 is 1.91 bits per heavy atom. The summed E-state index contributed by atoms with van der Waals surface area (Å²) in [5, 5.41) is 0. The Labute approximate surface area is 77.3 Å². The van der Waals surface area contributed by atoms with Crippen LogP contribution in [0.4, 0.5) is 0 Å². The second-order valence-corrected chi connectivity index (χ2v) is 4.76. The summed E-state index contributed by atoms with van der Waals surface area (Å²) in [6.07, 6.45) is 2.66. The molecule has 2 heterocycles. The normalized spacial score (nSPS) is 36.0. The summed E-state index contributed by atoms with van der Waals surface area (Å²) in [6, 6.07) is 0. The van der Waals surface area contributed by atoms with Gasteiger partial charge in [0.25, 0.3) is 0 Å². The molecule has 0 bridgehead atoms. The highest BCUT2D eigenvalue weighted by molar-refractivity contribution is 8.67. The van der Waals surface area contributed by atoms with Gasteiger partial charge in [0.05, 0.1) is 0 Å². The first-order chi connectivity index (χ1) is 5.27. The fraction of sp³-hybridized carbons (Fsp3) is 1.00. The summed E-state index contributed by atoms with van der Waals surface area (Å²) in [5.41, 5.74) is 0.611. The van der Waals surface area contributed by atoms with Crippen LogP contribution in [-0.4, -0.2) is 41.4 Å². The van der Waals surface area contributed by atoms with Crippen LogP contribution in [0.2, 0.25) is 0 Å². The molecule has 1 spiro atoms. The monoisotopic (exact) mass is 190 g/mol. The maximum atomic E-state index is 4.19. The third kappa shape index (κ3) is 1.41. The molecule has 4 heteroatoms. The van der Waals surface area contributed by atoms with Crippen molar-refractivity contribution in [2.24, 2.45) is 0 Å². The Morgan fingerprint density at radius 1 is 1.36 bits per heavy atom. The van der Waals surface area contributed by atoms with E-state index in [1.807, 2.05) is 0 Å². The van der Waals surface area contributed by atoms with Crippen molar-refractivity contribution in [3.05, 3.63) is 0 Å². The van der Waals surface area contributed by atoms with E-state index in [1.165, 1.54) is 32.5 Å². The highest BCUT2D eigenvalue weighted by Crippen LogP contribution is 2.41. The van der Waals surface area contributed by atoms with Crippen molar-refractivity contribution in [3.8, 4) is 0 Å². The van der Waals surface area contributed by atoms with Crippen LogP contribution in [0.1, 0.15) is 12.8 Å². The van der Waals surface area contributed by atoms with E-state index in [-0.39, 0.29) is 0 Å². The van der Waals surface area contributed by atoms with Crippen molar-refractivity contribution in [2.75, 3.05) is 26.7 Å². The molecule has 2 aliphatic heterocycles. The van der Waals surface area contributed by atoms with Gasteiger partial charge in [-0.1, -0.05) is 11.7 Å². The molecule has 0 N–H and O–H groups in total. The highest BCUT2D eigenvalue weighted by Gasteiger charge is 2.50. The summed E-state index contributed by atoms with van der Waals surface area (Å²) in [4.78, 5) is 2.47. The Kier molecular flexibility index (Phi) is 2.12.